The van der Waals surface area contributed by atoms with Crippen molar-refractivity contribution in [3.05, 3.63) is 53.6 Å². The quantitative estimate of drug-likeness (QED) is 0.698. The van der Waals surface area contributed by atoms with Crippen molar-refractivity contribution in [1.29, 1.82) is 0 Å². The van der Waals surface area contributed by atoms with Crippen LogP contribution in [-0.4, -0.2) is 6.21 Å². The van der Waals surface area contributed by atoms with Gasteiger partial charge in [-0.2, -0.15) is 13.2 Å². The normalized spacial score (nSPS) is 15.6. The van der Waals surface area contributed by atoms with E-state index in [2.05, 4.69) is 4.99 Å². The Hall–Kier alpha value is -1.84. The lowest BCUT2D eigenvalue weighted by Crippen LogP contribution is -2.04. The second-order valence-corrected chi connectivity index (χ2v) is 3.60. The highest BCUT2D eigenvalue weighted by atomic mass is 19.4. The van der Waals surface area contributed by atoms with E-state index in [1.54, 1.807) is 12.3 Å². The van der Waals surface area contributed by atoms with Gasteiger partial charge in [-0.3, -0.25) is 4.99 Å². The van der Waals surface area contributed by atoms with E-state index in [1.807, 2.05) is 12.2 Å². The van der Waals surface area contributed by atoms with E-state index in [0.717, 1.165) is 18.6 Å². The highest BCUT2D eigenvalue weighted by Crippen LogP contribution is 2.30. The molecule has 4 heteroatoms. The number of hydrogen-bond donors (Lipinski definition) is 0. The molecule has 0 radical (unpaired) electrons. The number of rotatable bonds is 1. The summed E-state index contributed by atoms with van der Waals surface area (Å²) < 4.78 is 37.1. The van der Waals surface area contributed by atoms with Crippen LogP contribution in [0.15, 0.2) is 47.5 Å². The highest BCUT2D eigenvalue weighted by Gasteiger charge is 2.29. The Bertz CT molecular complexity index is 478. The molecule has 0 N–H and O–H groups in total. The van der Waals surface area contributed by atoms with Crippen LogP contribution in [0.5, 0.6) is 0 Å². The van der Waals surface area contributed by atoms with Crippen LogP contribution in [0.3, 0.4) is 0 Å². The predicted octanol–water partition coefficient (Wildman–Crippen LogP) is 4.08. The van der Waals surface area contributed by atoms with Crippen LogP contribution in [0.4, 0.5) is 13.2 Å². The highest BCUT2D eigenvalue weighted by molar-refractivity contribution is 5.76. The molecule has 2 rings (SSSR count). The van der Waals surface area contributed by atoms with Crippen molar-refractivity contribution in [2.45, 2.75) is 12.6 Å². The van der Waals surface area contributed by atoms with Crippen molar-refractivity contribution in [1.82, 2.24) is 0 Å². The van der Waals surface area contributed by atoms with Crippen LogP contribution in [0, 0.1) is 0 Å². The van der Waals surface area contributed by atoms with Gasteiger partial charge in [0.15, 0.2) is 0 Å². The monoisotopic (exact) mass is 237 g/mol. The third-order valence-electron chi connectivity index (χ3n) is 2.37. The molecule has 0 unspecified atom stereocenters. The first kappa shape index (κ1) is 11.6. The summed E-state index contributed by atoms with van der Waals surface area (Å²) in [4.78, 5) is 4.18. The van der Waals surface area contributed by atoms with Gasteiger partial charge in [0, 0.05) is 18.2 Å². The number of alkyl halides is 3. The third-order valence-corrected chi connectivity index (χ3v) is 2.37. The average molecular weight is 237 g/mol. The summed E-state index contributed by atoms with van der Waals surface area (Å²) in [6, 6.07) is 5.01. The van der Waals surface area contributed by atoms with E-state index in [4.69, 9.17) is 0 Å². The van der Waals surface area contributed by atoms with Crippen LogP contribution in [0.1, 0.15) is 17.5 Å². The number of allylic oxidation sites excluding steroid dienone is 3. The number of benzene rings is 1. The van der Waals surface area contributed by atoms with Gasteiger partial charge in [0.25, 0.3) is 0 Å². The van der Waals surface area contributed by atoms with Crippen molar-refractivity contribution in [2.75, 3.05) is 0 Å². The third kappa shape index (κ3) is 2.84. The molecule has 0 aliphatic carbocycles. The van der Waals surface area contributed by atoms with Gasteiger partial charge in [-0.15, -0.1) is 0 Å². The Morgan fingerprint density at radius 3 is 2.41 bits per heavy atom. The molecule has 0 amide bonds. The molecule has 1 heterocycles. The van der Waals surface area contributed by atoms with Gasteiger partial charge in [0.2, 0.25) is 0 Å². The zero-order chi connectivity index (χ0) is 12.3. The van der Waals surface area contributed by atoms with Gasteiger partial charge in [-0.05, 0) is 18.2 Å². The van der Waals surface area contributed by atoms with Crippen molar-refractivity contribution >= 4 is 11.9 Å². The van der Waals surface area contributed by atoms with Gasteiger partial charge in [0.1, 0.15) is 0 Å². The maximum Gasteiger partial charge on any atom is 0.416 e. The molecule has 0 atom stereocenters. The van der Waals surface area contributed by atoms with Gasteiger partial charge in [-0.1, -0.05) is 24.3 Å². The maximum absolute atomic E-state index is 12.4. The Labute approximate surface area is 97.0 Å². The van der Waals surface area contributed by atoms with Crippen LogP contribution in [0.2, 0.25) is 0 Å². The van der Waals surface area contributed by atoms with E-state index in [0.29, 0.717) is 11.3 Å². The molecule has 0 aromatic heterocycles. The zero-order valence-corrected chi connectivity index (χ0v) is 8.91. The summed E-state index contributed by atoms with van der Waals surface area (Å²) in [7, 11) is 0. The number of nitrogens with zero attached hydrogens (tertiary/aromatic N) is 1. The van der Waals surface area contributed by atoms with Crippen LogP contribution >= 0.6 is 0 Å². The summed E-state index contributed by atoms with van der Waals surface area (Å²) in [5.41, 5.74) is 0.711. The Morgan fingerprint density at radius 2 is 1.76 bits per heavy atom. The molecule has 0 spiro atoms. The first-order valence-electron chi connectivity index (χ1n) is 5.14. The van der Waals surface area contributed by atoms with Gasteiger partial charge >= 0.3 is 6.18 Å². The van der Waals surface area contributed by atoms with E-state index < -0.39 is 11.7 Å². The van der Waals surface area contributed by atoms with E-state index in [1.165, 1.54) is 12.1 Å². The van der Waals surface area contributed by atoms with Crippen molar-refractivity contribution in [3.63, 3.8) is 0 Å². The molecule has 0 saturated carbocycles. The summed E-state index contributed by atoms with van der Waals surface area (Å²) >= 11 is 0. The summed E-state index contributed by atoms with van der Waals surface area (Å²) in [5.74, 6) is 0. The molecular formula is C13H10F3N. The zero-order valence-electron chi connectivity index (χ0n) is 8.91. The second-order valence-electron chi connectivity index (χ2n) is 3.60. The maximum atomic E-state index is 12.4. The predicted molar refractivity (Wildman–Crippen MR) is 61.7 cm³/mol. The second kappa shape index (κ2) is 4.57. The van der Waals surface area contributed by atoms with Crippen LogP contribution in [-0.2, 0) is 6.18 Å². The molecule has 1 aliphatic heterocycles. The lowest BCUT2D eigenvalue weighted by atomic mass is 10.1. The standard InChI is InChI=1S/C13H10F3N/c14-13(15,16)11-7-5-10(6-8-11)12-4-2-1-3-9-17-12/h1-2,4-9H,3H2. The molecule has 88 valence electrons. The van der Waals surface area contributed by atoms with E-state index >= 15 is 0 Å². The Morgan fingerprint density at radius 1 is 1.06 bits per heavy atom. The van der Waals surface area contributed by atoms with Gasteiger partial charge in [-0.25, -0.2) is 0 Å². The summed E-state index contributed by atoms with van der Waals surface area (Å²) in [6.07, 6.45) is 3.74. The SMILES string of the molecule is FC(F)(F)c1ccc(C2=CC=CCC=N2)cc1. The Balaban J connectivity index is 2.30. The van der Waals surface area contributed by atoms with Gasteiger partial charge < -0.3 is 0 Å². The molecule has 1 aromatic carbocycles. The lowest BCUT2D eigenvalue weighted by Gasteiger charge is -2.07. The topological polar surface area (TPSA) is 12.4 Å². The molecule has 17 heavy (non-hydrogen) atoms. The molecule has 0 fully saturated rings. The minimum Gasteiger partial charge on any atom is -0.260 e. The fraction of sp³-hybridized carbons (Fsp3) is 0.154. The minimum atomic E-state index is -4.29. The molecule has 1 nitrogen and oxygen atoms in total. The summed E-state index contributed by atoms with van der Waals surface area (Å²) in [5, 5.41) is 0. The molecule has 0 saturated heterocycles. The van der Waals surface area contributed by atoms with Crippen LogP contribution in [0.25, 0.3) is 5.70 Å². The number of hydrogen-bond acceptors (Lipinski definition) is 1. The molecule has 0 bridgehead atoms. The summed E-state index contributed by atoms with van der Waals surface area (Å²) in [6.45, 7) is 0. The van der Waals surface area contributed by atoms with Crippen molar-refractivity contribution in [3.8, 4) is 0 Å². The molecule has 1 aliphatic rings. The number of aliphatic imine (C=N–C) groups is 1. The van der Waals surface area contributed by atoms with Crippen molar-refractivity contribution < 1.29 is 13.2 Å². The minimum absolute atomic E-state index is 0.644. The molecular weight excluding hydrogens is 227 g/mol. The van der Waals surface area contributed by atoms with Crippen molar-refractivity contribution in [2.24, 2.45) is 4.99 Å². The largest absolute Gasteiger partial charge is 0.416 e. The van der Waals surface area contributed by atoms with E-state index in [-0.39, 0.29) is 0 Å². The van der Waals surface area contributed by atoms with E-state index in [9.17, 15) is 13.2 Å². The van der Waals surface area contributed by atoms with Crippen LogP contribution < -0.4 is 0 Å². The molecule has 1 aromatic rings. The first-order valence-corrected chi connectivity index (χ1v) is 5.14. The van der Waals surface area contributed by atoms with Gasteiger partial charge in [0.05, 0.1) is 11.3 Å². The Kier molecular flexibility index (Phi) is 3.13. The number of halogens is 3. The fourth-order valence-electron chi connectivity index (χ4n) is 1.49. The smallest absolute Gasteiger partial charge is 0.260 e. The first-order chi connectivity index (χ1) is 8.07. The average Bonchev–Trinajstić information content (AvgIpc) is 2.56. The fourth-order valence-corrected chi connectivity index (χ4v) is 1.49. The lowest BCUT2D eigenvalue weighted by molar-refractivity contribution is -0.137.